The van der Waals surface area contributed by atoms with Gasteiger partial charge in [0.1, 0.15) is 11.4 Å². The Bertz CT molecular complexity index is 541. The molecule has 94 valence electrons. The van der Waals surface area contributed by atoms with Gasteiger partial charge < -0.3 is 10.4 Å². The zero-order chi connectivity index (χ0) is 13.3. The lowest BCUT2D eigenvalue weighted by Crippen LogP contribution is -2.30. The SMILES string of the molecule is C#CC(C)(C)Nc1nc2c(cc1C(=O)O)CCC2. The Hall–Kier alpha value is -2.02. The summed E-state index contributed by atoms with van der Waals surface area (Å²) in [6.45, 7) is 3.63. The van der Waals surface area contributed by atoms with Gasteiger partial charge in [-0.1, -0.05) is 5.92 Å². The molecule has 0 radical (unpaired) electrons. The van der Waals surface area contributed by atoms with Crippen LogP contribution in [0.15, 0.2) is 6.07 Å². The number of hydrogen-bond donors (Lipinski definition) is 2. The summed E-state index contributed by atoms with van der Waals surface area (Å²) in [6, 6.07) is 1.71. The quantitative estimate of drug-likeness (QED) is 0.799. The first-order chi connectivity index (χ1) is 8.43. The zero-order valence-electron chi connectivity index (χ0n) is 10.6. The molecule has 1 aliphatic rings. The molecule has 0 atom stereocenters. The van der Waals surface area contributed by atoms with Crippen LogP contribution in [0.25, 0.3) is 0 Å². The van der Waals surface area contributed by atoms with Crippen molar-refractivity contribution in [3.63, 3.8) is 0 Å². The van der Waals surface area contributed by atoms with Gasteiger partial charge in [0.2, 0.25) is 0 Å². The van der Waals surface area contributed by atoms with Crippen LogP contribution in [0.5, 0.6) is 0 Å². The average Bonchev–Trinajstić information content (AvgIpc) is 2.74. The molecule has 1 aromatic heterocycles. The Morgan fingerprint density at radius 2 is 2.28 bits per heavy atom. The van der Waals surface area contributed by atoms with Crippen LogP contribution >= 0.6 is 0 Å². The summed E-state index contributed by atoms with van der Waals surface area (Å²) in [5.74, 6) is 1.97. The van der Waals surface area contributed by atoms with E-state index in [4.69, 9.17) is 6.42 Å². The van der Waals surface area contributed by atoms with Gasteiger partial charge in [0.25, 0.3) is 0 Å². The lowest BCUT2D eigenvalue weighted by atomic mass is 10.1. The molecule has 1 aliphatic carbocycles. The molecular weight excluding hydrogens is 228 g/mol. The van der Waals surface area contributed by atoms with E-state index >= 15 is 0 Å². The highest BCUT2D eigenvalue weighted by Crippen LogP contribution is 2.26. The molecule has 0 amide bonds. The highest BCUT2D eigenvalue weighted by atomic mass is 16.4. The van der Waals surface area contributed by atoms with E-state index < -0.39 is 11.5 Å². The Morgan fingerprint density at radius 1 is 1.56 bits per heavy atom. The number of hydrogen-bond acceptors (Lipinski definition) is 3. The fourth-order valence-electron chi connectivity index (χ4n) is 2.06. The van der Waals surface area contributed by atoms with Gasteiger partial charge in [-0.3, -0.25) is 0 Å². The number of rotatable bonds is 3. The lowest BCUT2D eigenvalue weighted by Gasteiger charge is -2.22. The predicted octanol–water partition coefficient (Wildman–Crippen LogP) is 2.09. The smallest absolute Gasteiger partial charge is 0.339 e. The average molecular weight is 244 g/mol. The fourth-order valence-corrected chi connectivity index (χ4v) is 2.06. The predicted molar refractivity (Wildman–Crippen MR) is 69.8 cm³/mol. The number of carboxylic acid groups (broad SMARTS) is 1. The number of aromatic nitrogens is 1. The van der Waals surface area contributed by atoms with Gasteiger partial charge in [-0.25, -0.2) is 9.78 Å². The lowest BCUT2D eigenvalue weighted by molar-refractivity contribution is 0.0697. The maximum absolute atomic E-state index is 11.3. The highest BCUT2D eigenvalue weighted by molar-refractivity contribution is 5.93. The fraction of sp³-hybridized carbons (Fsp3) is 0.429. The van der Waals surface area contributed by atoms with E-state index in [9.17, 15) is 9.90 Å². The van der Waals surface area contributed by atoms with Crippen LogP contribution in [0.3, 0.4) is 0 Å². The molecule has 2 rings (SSSR count). The third kappa shape index (κ3) is 2.30. The summed E-state index contributed by atoms with van der Waals surface area (Å²) in [5.41, 5.74) is 1.59. The molecule has 2 N–H and O–H groups in total. The number of terminal acetylenes is 1. The molecule has 0 fully saturated rings. The summed E-state index contributed by atoms with van der Waals surface area (Å²) in [7, 11) is 0. The molecule has 0 saturated heterocycles. The van der Waals surface area contributed by atoms with Gasteiger partial charge in [0.15, 0.2) is 0 Å². The number of nitrogens with zero attached hydrogens (tertiary/aromatic N) is 1. The second-order valence-electron chi connectivity index (χ2n) is 5.04. The van der Waals surface area contributed by atoms with E-state index in [0.29, 0.717) is 5.82 Å². The number of nitrogens with one attached hydrogen (secondary N) is 1. The van der Waals surface area contributed by atoms with Crippen molar-refractivity contribution in [1.82, 2.24) is 4.98 Å². The monoisotopic (exact) mass is 244 g/mol. The van der Waals surface area contributed by atoms with Crippen molar-refractivity contribution in [2.24, 2.45) is 0 Å². The van der Waals surface area contributed by atoms with E-state index in [-0.39, 0.29) is 5.56 Å². The van der Waals surface area contributed by atoms with E-state index in [1.807, 2.05) is 13.8 Å². The van der Waals surface area contributed by atoms with E-state index in [1.165, 1.54) is 0 Å². The van der Waals surface area contributed by atoms with Crippen molar-refractivity contribution < 1.29 is 9.90 Å². The first-order valence-corrected chi connectivity index (χ1v) is 5.95. The van der Waals surface area contributed by atoms with Crippen molar-refractivity contribution in [1.29, 1.82) is 0 Å². The number of aromatic carboxylic acids is 1. The highest BCUT2D eigenvalue weighted by Gasteiger charge is 2.23. The van der Waals surface area contributed by atoms with Crippen LogP contribution in [-0.2, 0) is 12.8 Å². The number of anilines is 1. The van der Waals surface area contributed by atoms with E-state index in [1.54, 1.807) is 6.07 Å². The maximum atomic E-state index is 11.3. The number of fused-ring (bicyclic) bond motifs is 1. The molecule has 1 aromatic rings. The Morgan fingerprint density at radius 3 is 2.89 bits per heavy atom. The van der Waals surface area contributed by atoms with Crippen molar-refractivity contribution >= 4 is 11.8 Å². The summed E-state index contributed by atoms with van der Waals surface area (Å²) in [4.78, 5) is 15.7. The minimum absolute atomic E-state index is 0.193. The minimum Gasteiger partial charge on any atom is -0.478 e. The third-order valence-corrected chi connectivity index (χ3v) is 3.07. The first kappa shape index (κ1) is 12.4. The van der Waals surface area contributed by atoms with Crippen LogP contribution in [-0.4, -0.2) is 21.6 Å². The van der Waals surface area contributed by atoms with Crippen LogP contribution in [0.4, 0.5) is 5.82 Å². The number of carboxylic acids is 1. The molecule has 0 aliphatic heterocycles. The zero-order valence-corrected chi connectivity index (χ0v) is 10.6. The van der Waals surface area contributed by atoms with Gasteiger partial charge in [-0.2, -0.15) is 0 Å². The molecule has 0 saturated carbocycles. The molecule has 0 unspecified atom stereocenters. The molecule has 0 aromatic carbocycles. The molecular formula is C14H16N2O2. The van der Waals surface area contributed by atoms with Gasteiger partial charge in [0, 0.05) is 5.69 Å². The van der Waals surface area contributed by atoms with E-state index in [0.717, 1.165) is 30.5 Å². The molecule has 4 heteroatoms. The van der Waals surface area contributed by atoms with Gasteiger partial charge in [0.05, 0.1) is 5.54 Å². The third-order valence-electron chi connectivity index (χ3n) is 3.07. The standard InChI is InChI=1S/C14H16N2O2/c1-4-14(2,3)16-12-10(13(17)18)8-9-6-5-7-11(9)15-12/h1,8H,5-7H2,2-3H3,(H,15,16)(H,17,18). The van der Waals surface area contributed by atoms with Crippen LogP contribution in [0.1, 0.15) is 41.9 Å². The van der Waals surface area contributed by atoms with Crippen LogP contribution in [0, 0.1) is 12.3 Å². The number of aryl methyl sites for hydroxylation is 2. The molecule has 0 bridgehead atoms. The van der Waals surface area contributed by atoms with Crippen molar-refractivity contribution in [2.45, 2.75) is 38.6 Å². The Labute approximate surface area is 106 Å². The molecule has 18 heavy (non-hydrogen) atoms. The molecule has 4 nitrogen and oxygen atoms in total. The van der Waals surface area contributed by atoms with Gasteiger partial charge >= 0.3 is 5.97 Å². The second kappa shape index (κ2) is 4.34. The Balaban J connectivity index is 2.46. The second-order valence-corrected chi connectivity index (χ2v) is 5.04. The normalized spacial score (nSPS) is 13.8. The van der Waals surface area contributed by atoms with Gasteiger partial charge in [-0.15, -0.1) is 6.42 Å². The summed E-state index contributed by atoms with van der Waals surface area (Å²) >= 11 is 0. The van der Waals surface area contributed by atoms with Crippen LogP contribution in [0.2, 0.25) is 0 Å². The number of carbonyl (C=O) groups is 1. The minimum atomic E-state index is -0.979. The summed E-state index contributed by atoms with van der Waals surface area (Å²) in [6.07, 6.45) is 8.24. The summed E-state index contributed by atoms with van der Waals surface area (Å²) in [5, 5.41) is 12.3. The summed E-state index contributed by atoms with van der Waals surface area (Å²) < 4.78 is 0. The van der Waals surface area contributed by atoms with Crippen molar-refractivity contribution in [3.05, 3.63) is 22.9 Å². The maximum Gasteiger partial charge on any atom is 0.339 e. The first-order valence-electron chi connectivity index (χ1n) is 5.95. The molecule has 1 heterocycles. The van der Waals surface area contributed by atoms with Crippen molar-refractivity contribution in [3.8, 4) is 12.3 Å². The van der Waals surface area contributed by atoms with Gasteiger partial charge in [-0.05, 0) is 44.7 Å². The van der Waals surface area contributed by atoms with Crippen molar-refractivity contribution in [2.75, 3.05) is 5.32 Å². The number of pyridine rings is 1. The van der Waals surface area contributed by atoms with Crippen LogP contribution < -0.4 is 5.32 Å². The van der Waals surface area contributed by atoms with E-state index in [2.05, 4.69) is 16.2 Å². The largest absolute Gasteiger partial charge is 0.478 e. The Kier molecular flexibility index (Phi) is 3.00. The molecule has 0 spiro atoms. The topological polar surface area (TPSA) is 62.2 Å².